The third-order valence-electron chi connectivity index (χ3n) is 3.11. The second kappa shape index (κ2) is 4.02. The Morgan fingerprint density at radius 3 is 2.41 bits per heavy atom. The summed E-state index contributed by atoms with van der Waals surface area (Å²) in [6, 6.07) is 17.6. The lowest BCUT2D eigenvalue weighted by Crippen LogP contribution is -2.08. The van der Waals surface area contributed by atoms with E-state index in [1.54, 1.807) is 6.08 Å². The molecule has 2 aromatic rings. The maximum Gasteiger partial charge on any atom is 0.186 e. The van der Waals surface area contributed by atoms with E-state index in [0.29, 0.717) is 0 Å². The highest BCUT2D eigenvalue weighted by molar-refractivity contribution is 6.09. The van der Waals surface area contributed by atoms with Gasteiger partial charge in [-0.25, -0.2) is 0 Å². The SMILES string of the molecule is O=C(/C=C1/Cc2ccccc21)c1ccccc1. The van der Waals surface area contributed by atoms with E-state index in [2.05, 4.69) is 12.1 Å². The van der Waals surface area contributed by atoms with Crippen LogP contribution in [0.25, 0.3) is 5.57 Å². The van der Waals surface area contributed by atoms with Crippen molar-refractivity contribution in [2.24, 2.45) is 0 Å². The highest BCUT2D eigenvalue weighted by Crippen LogP contribution is 2.33. The van der Waals surface area contributed by atoms with Gasteiger partial charge in [0, 0.05) is 5.56 Å². The molecule has 0 N–H and O–H groups in total. The summed E-state index contributed by atoms with van der Waals surface area (Å²) in [6.45, 7) is 0. The molecule has 0 spiro atoms. The largest absolute Gasteiger partial charge is 0.289 e. The van der Waals surface area contributed by atoms with Crippen molar-refractivity contribution in [1.29, 1.82) is 0 Å². The van der Waals surface area contributed by atoms with E-state index in [-0.39, 0.29) is 5.78 Å². The van der Waals surface area contributed by atoms with Crippen LogP contribution in [0.15, 0.2) is 60.7 Å². The molecule has 1 aliphatic rings. The molecule has 0 atom stereocenters. The third kappa shape index (κ3) is 1.80. The second-order valence-electron chi connectivity index (χ2n) is 4.23. The van der Waals surface area contributed by atoms with Gasteiger partial charge in [0.2, 0.25) is 0 Å². The van der Waals surface area contributed by atoms with Crippen LogP contribution in [0, 0.1) is 0 Å². The molecule has 0 amide bonds. The Kier molecular flexibility index (Phi) is 2.37. The number of rotatable bonds is 2. The molecule has 3 rings (SSSR count). The number of fused-ring (bicyclic) bond motifs is 1. The number of benzene rings is 2. The zero-order valence-corrected chi connectivity index (χ0v) is 9.39. The van der Waals surface area contributed by atoms with Gasteiger partial charge in [0.05, 0.1) is 0 Å². The summed E-state index contributed by atoms with van der Waals surface area (Å²) in [6.07, 6.45) is 2.67. The van der Waals surface area contributed by atoms with E-state index in [4.69, 9.17) is 0 Å². The minimum Gasteiger partial charge on any atom is -0.289 e. The van der Waals surface area contributed by atoms with Crippen molar-refractivity contribution < 1.29 is 4.79 Å². The van der Waals surface area contributed by atoms with Crippen molar-refractivity contribution in [1.82, 2.24) is 0 Å². The molecule has 0 aliphatic heterocycles. The minimum absolute atomic E-state index is 0.0927. The third-order valence-corrected chi connectivity index (χ3v) is 3.11. The van der Waals surface area contributed by atoms with E-state index in [0.717, 1.165) is 17.6 Å². The fraction of sp³-hybridized carbons (Fsp3) is 0.0625. The van der Waals surface area contributed by atoms with Crippen LogP contribution in [0.4, 0.5) is 0 Å². The summed E-state index contributed by atoms with van der Waals surface area (Å²) in [5.41, 5.74) is 4.45. The van der Waals surface area contributed by atoms with Crippen LogP contribution in [0.2, 0.25) is 0 Å². The zero-order valence-electron chi connectivity index (χ0n) is 9.39. The van der Waals surface area contributed by atoms with Crippen molar-refractivity contribution in [3.05, 3.63) is 77.4 Å². The summed E-state index contributed by atoms with van der Waals surface area (Å²) in [5, 5.41) is 0. The van der Waals surface area contributed by atoms with Crippen molar-refractivity contribution >= 4 is 11.4 Å². The quantitative estimate of drug-likeness (QED) is 0.559. The molecule has 0 aromatic heterocycles. The Labute approximate surface area is 100 Å². The Bertz CT molecular complexity index is 594. The molecule has 0 fully saturated rings. The van der Waals surface area contributed by atoms with Gasteiger partial charge in [-0.3, -0.25) is 4.79 Å². The van der Waals surface area contributed by atoms with E-state index in [9.17, 15) is 4.79 Å². The molecular weight excluding hydrogens is 208 g/mol. The standard InChI is InChI=1S/C16H12O/c17-16(12-6-2-1-3-7-12)11-14-10-13-8-4-5-9-15(13)14/h1-9,11H,10H2/b14-11-. The van der Waals surface area contributed by atoms with Gasteiger partial charge < -0.3 is 0 Å². The summed E-state index contributed by atoms with van der Waals surface area (Å²) in [5.74, 6) is 0.0927. The summed E-state index contributed by atoms with van der Waals surface area (Å²) < 4.78 is 0. The van der Waals surface area contributed by atoms with Crippen LogP contribution in [0.5, 0.6) is 0 Å². The first-order valence-electron chi connectivity index (χ1n) is 5.73. The van der Waals surface area contributed by atoms with Gasteiger partial charge in [-0.15, -0.1) is 0 Å². The second-order valence-corrected chi connectivity index (χ2v) is 4.23. The average molecular weight is 220 g/mol. The zero-order chi connectivity index (χ0) is 11.7. The van der Waals surface area contributed by atoms with Gasteiger partial charge in [-0.05, 0) is 29.2 Å². The lowest BCUT2D eigenvalue weighted by Gasteiger charge is -2.22. The molecule has 1 heteroatoms. The number of allylic oxidation sites excluding steroid dienone is 2. The fourth-order valence-corrected chi connectivity index (χ4v) is 2.15. The predicted molar refractivity (Wildman–Crippen MR) is 68.9 cm³/mol. The van der Waals surface area contributed by atoms with Crippen LogP contribution in [-0.4, -0.2) is 5.78 Å². The van der Waals surface area contributed by atoms with Gasteiger partial charge in [0.25, 0.3) is 0 Å². The smallest absolute Gasteiger partial charge is 0.186 e. The normalized spacial score (nSPS) is 15.2. The van der Waals surface area contributed by atoms with Crippen molar-refractivity contribution in [2.45, 2.75) is 6.42 Å². The lowest BCUT2D eigenvalue weighted by atomic mass is 9.82. The monoisotopic (exact) mass is 220 g/mol. The van der Waals surface area contributed by atoms with Crippen LogP contribution in [0.1, 0.15) is 21.5 Å². The molecule has 17 heavy (non-hydrogen) atoms. The number of ketones is 1. The molecule has 0 unspecified atom stereocenters. The maximum absolute atomic E-state index is 12.0. The van der Waals surface area contributed by atoms with Gasteiger partial charge in [-0.1, -0.05) is 54.6 Å². The van der Waals surface area contributed by atoms with Crippen LogP contribution < -0.4 is 0 Å². The van der Waals surface area contributed by atoms with E-state index in [1.807, 2.05) is 42.5 Å². The van der Waals surface area contributed by atoms with Gasteiger partial charge in [0.1, 0.15) is 0 Å². The Balaban J connectivity index is 1.89. The van der Waals surface area contributed by atoms with Crippen molar-refractivity contribution in [3.8, 4) is 0 Å². The van der Waals surface area contributed by atoms with Crippen LogP contribution in [0.3, 0.4) is 0 Å². The topological polar surface area (TPSA) is 17.1 Å². The molecule has 0 saturated heterocycles. The highest BCUT2D eigenvalue weighted by atomic mass is 16.1. The molecule has 1 nitrogen and oxygen atoms in total. The van der Waals surface area contributed by atoms with Crippen LogP contribution in [-0.2, 0) is 6.42 Å². The first-order valence-corrected chi connectivity index (χ1v) is 5.73. The first-order chi connectivity index (χ1) is 8.34. The van der Waals surface area contributed by atoms with E-state index < -0.39 is 0 Å². The summed E-state index contributed by atoms with van der Waals surface area (Å²) >= 11 is 0. The lowest BCUT2D eigenvalue weighted by molar-refractivity contribution is 0.104. The fourth-order valence-electron chi connectivity index (χ4n) is 2.15. The Morgan fingerprint density at radius 1 is 0.941 bits per heavy atom. The molecule has 0 radical (unpaired) electrons. The van der Waals surface area contributed by atoms with E-state index >= 15 is 0 Å². The number of carbonyl (C=O) groups excluding carboxylic acids is 1. The summed E-state index contributed by atoms with van der Waals surface area (Å²) in [4.78, 5) is 12.0. The first kappa shape index (κ1) is 10.0. The molecular formula is C16H12O. The Hall–Kier alpha value is -2.15. The summed E-state index contributed by atoms with van der Waals surface area (Å²) in [7, 11) is 0. The molecule has 0 saturated carbocycles. The van der Waals surface area contributed by atoms with Crippen LogP contribution >= 0.6 is 0 Å². The maximum atomic E-state index is 12.0. The average Bonchev–Trinajstić information content (AvgIpc) is 2.37. The number of carbonyl (C=O) groups is 1. The Morgan fingerprint density at radius 2 is 1.65 bits per heavy atom. The van der Waals surface area contributed by atoms with Gasteiger partial charge in [-0.2, -0.15) is 0 Å². The van der Waals surface area contributed by atoms with E-state index in [1.165, 1.54) is 11.1 Å². The highest BCUT2D eigenvalue weighted by Gasteiger charge is 2.19. The molecule has 82 valence electrons. The molecule has 0 heterocycles. The number of hydrogen-bond donors (Lipinski definition) is 0. The molecule has 0 bridgehead atoms. The number of hydrogen-bond acceptors (Lipinski definition) is 1. The minimum atomic E-state index is 0.0927. The van der Waals surface area contributed by atoms with Crippen molar-refractivity contribution in [2.75, 3.05) is 0 Å². The van der Waals surface area contributed by atoms with Gasteiger partial charge in [0.15, 0.2) is 5.78 Å². The molecule has 2 aromatic carbocycles. The van der Waals surface area contributed by atoms with Crippen molar-refractivity contribution in [3.63, 3.8) is 0 Å². The van der Waals surface area contributed by atoms with Gasteiger partial charge >= 0.3 is 0 Å². The molecule has 1 aliphatic carbocycles. The predicted octanol–water partition coefficient (Wildman–Crippen LogP) is 3.51.